The lowest BCUT2D eigenvalue weighted by molar-refractivity contribution is 0.0908. The molecule has 0 aromatic carbocycles. The minimum Gasteiger partial charge on any atom is -0.455 e. The minimum absolute atomic E-state index is 0.270. The average molecular weight is 279 g/mol. The van der Waals surface area contributed by atoms with Crippen molar-refractivity contribution in [2.75, 3.05) is 13.1 Å². The molecular weight excluding hydrogens is 254 g/mol. The molecule has 1 fully saturated rings. The molecule has 1 aromatic heterocycles. The van der Waals surface area contributed by atoms with Gasteiger partial charge in [0.05, 0.1) is 6.54 Å². The monoisotopic (exact) mass is 279 g/mol. The molecule has 3 N–H and O–H groups in total. The second-order valence-electron chi connectivity index (χ2n) is 6.66. The first-order valence-electron chi connectivity index (χ1n) is 7.22. The maximum Gasteiger partial charge on any atom is 0.300 e. The van der Waals surface area contributed by atoms with Gasteiger partial charge in [0.25, 0.3) is 0 Å². The van der Waals surface area contributed by atoms with Crippen molar-refractivity contribution in [1.29, 1.82) is 0 Å². The van der Waals surface area contributed by atoms with E-state index in [1.807, 2.05) is 6.07 Å². The summed E-state index contributed by atoms with van der Waals surface area (Å²) in [6.07, 6.45) is 2.45. The van der Waals surface area contributed by atoms with E-state index in [0.29, 0.717) is 5.41 Å². The molecule has 2 heterocycles. The summed E-state index contributed by atoms with van der Waals surface area (Å²) in [5.74, 6) is 6.57. The topological polar surface area (TPSA) is 71.5 Å². The summed E-state index contributed by atoms with van der Waals surface area (Å²) in [4.78, 5) is 13.7. The van der Waals surface area contributed by atoms with Crippen LogP contribution in [0.1, 0.15) is 49.9 Å². The standard InChI is InChI=1S/C15H25N3O2/c1-15(2,3)11-6-8-18(9-7-11)10-12-4-5-13(20-12)14(19)17-16/h4-5,11H,6-10,16H2,1-3H3,(H,17,19). The summed E-state index contributed by atoms with van der Waals surface area (Å²) in [6, 6.07) is 3.51. The third kappa shape index (κ3) is 3.61. The summed E-state index contributed by atoms with van der Waals surface area (Å²) in [7, 11) is 0. The summed E-state index contributed by atoms with van der Waals surface area (Å²) < 4.78 is 5.50. The highest BCUT2D eigenvalue weighted by Crippen LogP contribution is 2.34. The van der Waals surface area contributed by atoms with Crippen LogP contribution in [0.2, 0.25) is 0 Å². The number of nitrogens with one attached hydrogen (secondary N) is 1. The maximum atomic E-state index is 11.3. The Hall–Kier alpha value is -1.33. The van der Waals surface area contributed by atoms with Crippen LogP contribution in [0.4, 0.5) is 0 Å². The van der Waals surface area contributed by atoms with Crippen LogP contribution in [-0.2, 0) is 6.54 Å². The number of hydrogen-bond donors (Lipinski definition) is 2. The maximum absolute atomic E-state index is 11.3. The lowest BCUT2D eigenvalue weighted by atomic mass is 9.75. The number of carbonyl (C=O) groups excluding carboxylic acids is 1. The van der Waals surface area contributed by atoms with Gasteiger partial charge in [-0.15, -0.1) is 0 Å². The molecule has 0 atom stereocenters. The Morgan fingerprint density at radius 1 is 1.40 bits per heavy atom. The van der Waals surface area contributed by atoms with Gasteiger partial charge in [0, 0.05) is 0 Å². The molecule has 0 bridgehead atoms. The van der Waals surface area contributed by atoms with Crippen molar-refractivity contribution in [3.05, 3.63) is 23.7 Å². The molecule has 0 spiro atoms. The fraction of sp³-hybridized carbons (Fsp3) is 0.667. The number of furan rings is 1. The molecule has 1 saturated heterocycles. The Balaban J connectivity index is 1.87. The van der Waals surface area contributed by atoms with E-state index in [9.17, 15) is 4.79 Å². The highest BCUT2D eigenvalue weighted by atomic mass is 16.4. The molecule has 1 aliphatic rings. The molecule has 5 nitrogen and oxygen atoms in total. The summed E-state index contributed by atoms with van der Waals surface area (Å²) in [5.41, 5.74) is 2.47. The number of carbonyl (C=O) groups is 1. The lowest BCUT2D eigenvalue weighted by Crippen LogP contribution is -2.37. The smallest absolute Gasteiger partial charge is 0.300 e. The number of amides is 1. The van der Waals surface area contributed by atoms with E-state index < -0.39 is 0 Å². The molecule has 20 heavy (non-hydrogen) atoms. The van der Waals surface area contributed by atoms with Crippen LogP contribution in [0, 0.1) is 11.3 Å². The molecule has 1 amide bonds. The molecule has 1 aliphatic heterocycles. The first kappa shape index (κ1) is 15.1. The van der Waals surface area contributed by atoms with Crippen molar-refractivity contribution >= 4 is 5.91 Å². The van der Waals surface area contributed by atoms with Crippen LogP contribution >= 0.6 is 0 Å². The van der Waals surface area contributed by atoms with E-state index in [1.165, 1.54) is 12.8 Å². The first-order chi connectivity index (χ1) is 9.40. The summed E-state index contributed by atoms with van der Waals surface area (Å²) in [6.45, 7) is 9.88. The van der Waals surface area contributed by atoms with E-state index in [-0.39, 0.29) is 11.7 Å². The zero-order valence-electron chi connectivity index (χ0n) is 12.6. The van der Waals surface area contributed by atoms with Crippen LogP contribution in [0.5, 0.6) is 0 Å². The molecule has 2 rings (SSSR count). The number of nitrogens with two attached hydrogens (primary N) is 1. The fourth-order valence-corrected chi connectivity index (χ4v) is 2.83. The van der Waals surface area contributed by atoms with Crippen LogP contribution in [-0.4, -0.2) is 23.9 Å². The Labute approximate surface area is 120 Å². The van der Waals surface area contributed by atoms with E-state index in [1.54, 1.807) is 6.07 Å². The van der Waals surface area contributed by atoms with Crippen molar-refractivity contribution in [3.63, 3.8) is 0 Å². The highest BCUT2D eigenvalue weighted by Gasteiger charge is 2.28. The van der Waals surface area contributed by atoms with E-state index in [4.69, 9.17) is 10.3 Å². The Bertz CT molecular complexity index is 454. The van der Waals surface area contributed by atoms with Crippen LogP contribution in [0.15, 0.2) is 16.5 Å². The second kappa shape index (κ2) is 5.97. The van der Waals surface area contributed by atoms with Crippen molar-refractivity contribution < 1.29 is 9.21 Å². The zero-order valence-corrected chi connectivity index (χ0v) is 12.6. The van der Waals surface area contributed by atoms with Crippen molar-refractivity contribution in [2.24, 2.45) is 17.2 Å². The van der Waals surface area contributed by atoms with Crippen molar-refractivity contribution in [1.82, 2.24) is 10.3 Å². The van der Waals surface area contributed by atoms with Gasteiger partial charge in [0.15, 0.2) is 5.76 Å². The third-order valence-corrected chi connectivity index (χ3v) is 4.21. The SMILES string of the molecule is CC(C)(C)C1CCN(Cc2ccc(C(=O)NN)o2)CC1. The zero-order chi connectivity index (χ0) is 14.8. The molecule has 0 saturated carbocycles. The molecule has 0 unspecified atom stereocenters. The number of likely N-dealkylation sites (tertiary alicyclic amines) is 1. The van der Waals surface area contributed by atoms with Gasteiger partial charge in [-0.3, -0.25) is 15.1 Å². The van der Waals surface area contributed by atoms with Crippen molar-refractivity contribution in [2.45, 2.75) is 40.2 Å². The second-order valence-corrected chi connectivity index (χ2v) is 6.66. The predicted octanol–water partition coefficient (Wildman–Crippen LogP) is 2.14. The normalized spacial score (nSPS) is 18.2. The van der Waals surface area contributed by atoms with Crippen LogP contribution in [0.3, 0.4) is 0 Å². The van der Waals surface area contributed by atoms with Crippen LogP contribution < -0.4 is 11.3 Å². The van der Waals surface area contributed by atoms with Crippen molar-refractivity contribution in [3.8, 4) is 0 Å². The summed E-state index contributed by atoms with van der Waals surface area (Å²) >= 11 is 0. The number of piperidine rings is 1. The number of hydrogen-bond acceptors (Lipinski definition) is 4. The quantitative estimate of drug-likeness (QED) is 0.505. The van der Waals surface area contributed by atoms with Gasteiger partial charge >= 0.3 is 5.91 Å². The molecular formula is C15H25N3O2. The van der Waals surface area contributed by atoms with Crippen LogP contribution in [0.25, 0.3) is 0 Å². The number of rotatable bonds is 3. The minimum atomic E-state index is -0.386. The van der Waals surface area contributed by atoms with Gasteiger partial charge in [-0.05, 0) is 49.4 Å². The van der Waals surface area contributed by atoms with E-state index in [2.05, 4.69) is 31.1 Å². The fourth-order valence-electron chi connectivity index (χ4n) is 2.83. The number of hydrazine groups is 1. The van der Waals surface area contributed by atoms with Gasteiger partial charge in [-0.1, -0.05) is 20.8 Å². The molecule has 0 aliphatic carbocycles. The summed E-state index contributed by atoms with van der Waals surface area (Å²) in [5, 5.41) is 0. The van der Waals surface area contributed by atoms with E-state index in [0.717, 1.165) is 31.3 Å². The van der Waals surface area contributed by atoms with Gasteiger partial charge in [0.2, 0.25) is 0 Å². The predicted molar refractivity (Wildman–Crippen MR) is 77.8 cm³/mol. The Kier molecular flexibility index (Phi) is 4.50. The molecule has 0 radical (unpaired) electrons. The van der Waals surface area contributed by atoms with Gasteiger partial charge in [0.1, 0.15) is 5.76 Å². The highest BCUT2D eigenvalue weighted by molar-refractivity contribution is 5.90. The lowest BCUT2D eigenvalue weighted by Gasteiger charge is -2.38. The third-order valence-electron chi connectivity index (χ3n) is 4.21. The van der Waals surface area contributed by atoms with Gasteiger partial charge in [-0.25, -0.2) is 5.84 Å². The number of nitrogens with zero attached hydrogens (tertiary/aromatic N) is 1. The molecule has 1 aromatic rings. The molecule has 112 valence electrons. The number of nitrogen functional groups attached to an aromatic ring is 1. The largest absolute Gasteiger partial charge is 0.455 e. The molecule has 5 heteroatoms. The Morgan fingerprint density at radius 2 is 2.05 bits per heavy atom. The van der Waals surface area contributed by atoms with E-state index >= 15 is 0 Å². The Morgan fingerprint density at radius 3 is 2.60 bits per heavy atom. The first-order valence-corrected chi connectivity index (χ1v) is 7.22. The van der Waals surface area contributed by atoms with Gasteiger partial charge in [-0.2, -0.15) is 0 Å². The average Bonchev–Trinajstić information content (AvgIpc) is 2.86. The van der Waals surface area contributed by atoms with Gasteiger partial charge < -0.3 is 4.42 Å².